The van der Waals surface area contributed by atoms with Gasteiger partial charge in [-0.3, -0.25) is 18.6 Å². The molecule has 2 unspecified atom stereocenters. The van der Waals surface area contributed by atoms with Crippen molar-refractivity contribution in [2.45, 2.75) is 149 Å². The van der Waals surface area contributed by atoms with Gasteiger partial charge in [-0.2, -0.15) is 0 Å². The normalized spacial score (nSPS) is 14.6. The first kappa shape index (κ1) is 51.7. The Morgan fingerprint density at radius 3 is 1.93 bits per heavy atom. The molecule has 0 radical (unpaired) electrons. The second-order valence-corrected chi connectivity index (χ2v) is 15.4. The number of aliphatic hydroxyl groups excluding tert-OH is 1. The average molecular weight is 818 g/mol. The van der Waals surface area contributed by atoms with E-state index in [-0.39, 0.29) is 39.0 Å². The quantitative estimate of drug-likeness (QED) is 0.0199. The van der Waals surface area contributed by atoms with E-state index < -0.39 is 38.6 Å². The molecule has 0 saturated heterocycles. The lowest BCUT2D eigenvalue weighted by Crippen LogP contribution is -2.30. The Balaban J connectivity index is 2.39. The van der Waals surface area contributed by atoms with Crippen LogP contribution in [0.2, 0.25) is 0 Å². The third-order valence-electron chi connectivity index (χ3n) is 8.90. The van der Waals surface area contributed by atoms with Crippen LogP contribution in [0.25, 0.3) is 0 Å². The number of hydrogen-bond donors (Lipinski definition) is 3. The summed E-state index contributed by atoms with van der Waals surface area (Å²) in [5, 5.41) is 10.3. The number of carbonyl (C=O) groups is 2. The van der Waals surface area contributed by atoms with Crippen LogP contribution in [-0.2, 0) is 45.5 Å². The zero-order chi connectivity index (χ0) is 42.0. The molecule has 0 amide bonds. The molecular weight excluding hydrogens is 745 g/mol. The van der Waals surface area contributed by atoms with E-state index in [1.165, 1.54) is 11.1 Å². The van der Waals surface area contributed by atoms with Crippen molar-refractivity contribution >= 4 is 19.8 Å². The number of ether oxygens (including phenoxy) is 2. The van der Waals surface area contributed by atoms with Crippen molar-refractivity contribution in [3.05, 3.63) is 95.6 Å². The predicted molar refractivity (Wildman–Crippen MR) is 229 cm³/mol. The maximum absolute atomic E-state index is 12.6. The Morgan fingerprint density at radius 2 is 1.32 bits per heavy atom. The van der Waals surface area contributed by atoms with Gasteiger partial charge in [-0.05, 0) is 82.8 Å². The topological polar surface area (TPSA) is 168 Å². The summed E-state index contributed by atoms with van der Waals surface area (Å²) in [6.45, 7) is 7.45. The van der Waals surface area contributed by atoms with E-state index in [1.807, 2.05) is 12.2 Å². The van der Waals surface area contributed by atoms with Gasteiger partial charge < -0.3 is 29.6 Å². The zero-order valence-electron chi connectivity index (χ0n) is 35.1. The maximum Gasteiger partial charge on any atom is 0.472 e. The van der Waals surface area contributed by atoms with Crippen LogP contribution >= 0.6 is 7.82 Å². The standard InChI is InChI=1S/C45H72NO10P/c1-5-7-8-9-10-11-12-13-14-15-16-17-18-19-22-25-29-40(47)32-33-45(49)55-41(37-54-57(50,51)53-35-34-46)36-52-44(48)31-27-24-21-20-23-26-30-43-39(4)38(3)42(56-43)28-6-2/h7-8,10-11,13-14,16-17,19,22,25,29,40-41,47H,5-6,9,12,15,18,20-21,23-24,26-28,30-37,46H2,1-4H3,(H,50,51)/b8-7-,11-10-,14-13-,17-16-,22-19-,29-25-/t40?,41-/m1/s1. The van der Waals surface area contributed by atoms with Crippen LogP contribution in [0.3, 0.4) is 0 Å². The molecule has 11 nitrogen and oxygen atoms in total. The fourth-order valence-electron chi connectivity index (χ4n) is 5.55. The number of phosphoric acid groups is 1. The smallest absolute Gasteiger partial charge is 0.466 e. The Bertz CT molecular complexity index is 1460. The lowest BCUT2D eigenvalue weighted by atomic mass is 10.0. The molecule has 4 N–H and O–H groups in total. The van der Waals surface area contributed by atoms with Crippen molar-refractivity contribution in [2.75, 3.05) is 26.4 Å². The summed E-state index contributed by atoms with van der Waals surface area (Å²) in [6.07, 6.45) is 35.6. The Kier molecular flexibility index (Phi) is 30.5. The van der Waals surface area contributed by atoms with E-state index in [0.717, 1.165) is 95.0 Å². The molecule has 0 spiro atoms. The molecule has 0 aliphatic carbocycles. The molecule has 1 rings (SSSR count). The molecule has 3 atom stereocenters. The number of phosphoric ester groups is 1. The number of esters is 2. The lowest BCUT2D eigenvalue weighted by molar-refractivity contribution is -0.161. The predicted octanol–water partition coefficient (Wildman–Crippen LogP) is 10.1. The minimum Gasteiger partial charge on any atom is -0.466 e. The molecule has 1 aromatic heterocycles. The van der Waals surface area contributed by atoms with Crippen LogP contribution in [0.5, 0.6) is 0 Å². The van der Waals surface area contributed by atoms with Crippen molar-refractivity contribution in [3.8, 4) is 0 Å². The number of aryl methyl sites for hydroxylation is 2. The summed E-state index contributed by atoms with van der Waals surface area (Å²) in [5.74, 6) is 1.05. The summed E-state index contributed by atoms with van der Waals surface area (Å²) >= 11 is 0. The maximum atomic E-state index is 12.6. The van der Waals surface area contributed by atoms with E-state index in [1.54, 1.807) is 12.2 Å². The monoisotopic (exact) mass is 817 g/mol. The van der Waals surface area contributed by atoms with Gasteiger partial charge in [0.1, 0.15) is 18.1 Å². The van der Waals surface area contributed by atoms with E-state index in [4.69, 9.17) is 28.7 Å². The van der Waals surface area contributed by atoms with Gasteiger partial charge in [0.2, 0.25) is 0 Å². The second-order valence-electron chi connectivity index (χ2n) is 13.9. The van der Waals surface area contributed by atoms with Crippen LogP contribution in [0.15, 0.2) is 77.3 Å². The first-order chi connectivity index (χ1) is 27.5. The minimum absolute atomic E-state index is 0.00600. The number of unbranched alkanes of at least 4 members (excludes halogenated alkanes) is 5. The van der Waals surface area contributed by atoms with Gasteiger partial charge in [-0.1, -0.05) is 112 Å². The van der Waals surface area contributed by atoms with Crippen LogP contribution in [0, 0.1) is 13.8 Å². The van der Waals surface area contributed by atoms with Crippen molar-refractivity contribution in [2.24, 2.45) is 5.73 Å². The van der Waals surface area contributed by atoms with Gasteiger partial charge >= 0.3 is 19.8 Å². The number of hydrogen-bond acceptors (Lipinski definition) is 10. The molecule has 322 valence electrons. The molecule has 0 aliphatic rings. The van der Waals surface area contributed by atoms with Gasteiger partial charge in [0, 0.05) is 32.2 Å². The first-order valence-electron chi connectivity index (χ1n) is 20.9. The van der Waals surface area contributed by atoms with E-state index in [0.29, 0.717) is 6.42 Å². The first-order valence-corrected chi connectivity index (χ1v) is 22.4. The SMILES string of the molecule is CC/C=C\C/C=C\C/C=C\C/C=C\C/C=C\C=C/C(O)CCC(=O)O[C@H](COC(=O)CCCCCCCCc1oc(CCC)c(C)c1C)COP(=O)(O)OCCN. The van der Waals surface area contributed by atoms with Crippen LogP contribution in [-0.4, -0.2) is 60.5 Å². The molecule has 57 heavy (non-hydrogen) atoms. The second kappa shape index (κ2) is 33.6. The highest BCUT2D eigenvalue weighted by molar-refractivity contribution is 7.47. The molecule has 1 heterocycles. The Morgan fingerprint density at radius 1 is 0.737 bits per heavy atom. The van der Waals surface area contributed by atoms with E-state index >= 15 is 0 Å². The van der Waals surface area contributed by atoms with Gasteiger partial charge in [-0.15, -0.1) is 0 Å². The zero-order valence-corrected chi connectivity index (χ0v) is 36.0. The molecule has 0 aliphatic heterocycles. The molecule has 1 aromatic rings. The molecule has 0 fully saturated rings. The van der Waals surface area contributed by atoms with Gasteiger partial charge in [-0.25, -0.2) is 4.57 Å². The lowest BCUT2D eigenvalue weighted by Gasteiger charge is -2.20. The van der Waals surface area contributed by atoms with E-state index in [9.17, 15) is 24.2 Å². The van der Waals surface area contributed by atoms with Gasteiger partial charge in [0.05, 0.1) is 19.3 Å². The highest BCUT2D eigenvalue weighted by Crippen LogP contribution is 2.43. The molecular formula is C45H72NO10P. The minimum atomic E-state index is -4.46. The van der Waals surface area contributed by atoms with Crippen molar-refractivity contribution < 1.29 is 47.1 Å². The van der Waals surface area contributed by atoms with Gasteiger partial charge in [0.25, 0.3) is 0 Å². The Hall–Kier alpha value is -3.31. The van der Waals surface area contributed by atoms with Crippen molar-refractivity contribution in [3.63, 3.8) is 0 Å². The molecule has 0 aromatic carbocycles. The number of aliphatic hydroxyl groups is 1. The number of carbonyl (C=O) groups excluding carboxylic acids is 2. The Labute approximate surface area is 342 Å². The molecule has 0 bridgehead atoms. The van der Waals surface area contributed by atoms with E-state index in [2.05, 4.69) is 76.3 Å². The fourth-order valence-corrected chi connectivity index (χ4v) is 6.32. The summed E-state index contributed by atoms with van der Waals surface area (Å²) < 4.78 is 38.7. The van der Waals surface area contributed by atoms with Gasteiger partial charge in [0.15, 0.2) is 6.10 Å². The third kappa shape index (κ3) is 27.9. The number of furan rings is 1. The highest BCUT2D eigenvalue weighted by atomic mass is 31.2. The number of rotatable bonds is 34. The number of allylic oxidation sites excluding steroid dienone is 11. The fraction of sp³-hybridized carbons (Fsp3) is 0.600. The number of nitrogens with two attached hydrogens (primary N) is 1. The molecule has 12 heteroatoms. The molecule has 0 saturated carbocycles. The highest BCUT2D eigenvalue weighted by Gasteiger charge is 2.26. The summed E-state index contributed by atoms with van der Waals surface area (Å²) in [6, 6.07) is 0. The van der Waals surface area contributed by atoms with Crippen LogP contribution < -0.4 is 5.73 Å². The largest absolute Gasteiger partial charge is 0.472 e. The summed E-state index contributed by atoms with van der Waals surface area (Å²) in [5.41, 5.74) is 7.88. The summed E-state index contributed by atoms with van der Waals surface area (Å²) in [7, 11) is -4.46. The van der Waals surface area contributed by atoms with Crippen LogP contribution in [0.1, 0.15) is 133 Å². The van der Waals surface area contributed by atoms with Crippen molar-refractivity contribution in [1.82, 2.24) is 0 Å². The van der Waals surface area contributed by atoms with Crippen LogP contribution in [0.4, 0.5) is 0 Å². The third-order valence-corrected chi connectivity index (χ3v) is 9.88. The average Bonchev–Trinajstić information content (AvgIpc) is 3.45. The van der Waals surface area contributed by atoms with Crippen molar-refractivity contribution in [1.29, 1.82) is 0 Å². The summed E-state index contributed by atoms with van der Waals surface area (Å²) in [4.78, 5) is 35.0.